The predicted molar refractivity (Wildman–Crippen MR) is 195 cm³/mol. The summed E-state index contributed by atoms with van der Waals surface area (Å²) in [5, 5.41) is 21.2. The first-order valence-electron chi connectivity index (χ1n) is 15.8. The number of carbonyl (C=O) groups excluding carboxylic acids is 2. The molecule has 0 bridgehead atoms. The number of ketones is 1. The van der Waals surface area contributed by atoms with Crippen LogP contribution >= 0.6 is 34.7 Å². The molecule has 1 aromatic heterocycles. The molecule has 0 aliphatic carbocycles. The lowest BCUT2D eigenvalue weighted by Gasteiger charge is -2.22. The van der Waals surface area contributed by atoms with Gasteiger partial charge in [0.2, 0.25) is 5.13 Å². The minimum atomic E-state index is -0.948. The summed E-state index contributed by atoms with van der Waals surface area (Å²) in [5.41, 5.74) is 4.08. The second-order valence-electron chi connectivity index (χ2n) is 11.4. The lowest BCUT2D eigenvalue weighted by molar-refractivity contribution is -0.132. The van der Waals surface area contributed by atoms with Gasteiger partial charge in [-0.25, -0.2) is 0 Å². The zero-order valence-electron chi connectivity index (χ0n) is 27.0. The molecule has 49 heavy (non-hydrogen) atoms. The number of unbranched alkanes of at least 4 members (excludes halogenated alkanes) is 1. The van der Waals surface area contributed by atoms with E-state index >= 15 is 0 Å². The summed E-state index contributed by atoms with van der Waals surface area (Å²) in [6, 6.07) is 28.6. The first-order valence-corrected chi connectivity index (χ1v) is 18.0. The van der Waals surface area contributed by atoms with Crippen molar-refractivity contribution in [2.24, 2.45) is 0 Å². The van der Waals surface area contributed by atoms with E-state index in [9.17, 15) is 14.7 Å². The normalized spacial score (nSPS) is 15.5. The number of halogens is 1. The van der Waals surface area contributed by atoms with E-state index in [4.69, 9.17) is 21.1 Å². The average molecular weight is 712 g/mol. The van der Waals surface area contributed by atoms with Gasteiger partial charge < -0.3 is 14.6 Å². The summed E-state index contributed by atoms with van der Waals surface area (Å²) in [7, 11) is 0. The SMILES string of the molecule is CCCCOc1ccc(C2/C(=C(\O)c3ccc(OCc4ccccc4C)cc3)C(=O)C(=O)N2c2nnc(SCc3ccccc3Cl)s2)cc1. The zero-order valence-corrected chi connectivity index (χ0v) is 29.4. The fourth-order valence-electron chi connectivity index (χ4n) is 5.34. The molecule has 2 heterocycles. The number of anilines is 1. The zero-order chi connectivity index (χ0) is 34.3. The Balaban J connectivity index is 1.30. The molecule has 250 valence electrons. The lowest BCUT2D eigenvalue weighted by Crippen LogP contribution is -2.29. The van der Waals surface area contributed by atoms with Crippen LogP contribution in [-0.4, -0.2) is 33.6 Å². The fourth-order valence-corrected chi connectivity index (χ4v) is 7.49. The number of carbonyl (C=O) groups is 2. The van der Waals surface area contributed by atoms with E-state index in [-0.39, 0.29) is 16.5 Å². The fraction of sp³-hybridized carbons (Fsp3) is 0.211. The van der Waals surface area contributed by atoms with E-state index < -0.39 is 17.7 Å². The van der Waals surface area contributed by atoms with Crippen LogP contribution in [0.3, 0.4) is 0 Å². The number of benzene rings is 4. The molecule has 0 radical (unpaired) electrons. The van der Waals surface area contributed by atoms with E-state index in [1.165, 1.54) is 28.0 Å². The van der Waals surface area contributed by atoms with Crippen molar-refractivity contribution >= 4 is 57.3 Å². The van der Waals surface area contributed by atoms with Crippen molar-refractivity contribution in [3.8, 4) is 11.5 Å². The van der Waals surface area contributed by atoms with Crippen LogP contribution in [0.1, 0.15) is 53.6 Å². The molecule has 1 amide bonds. The largest absolute Gasteiger partial charge is 0.507 e. The summed E-state index contributed by atoms with van der Waals surface area (Å²) in [6.45, 7) is 5.09. The van der Waals surface area contributed by atoms with E-state index in [1.807, 2.05) is 55.5 Å². The van der Waals surface area contributed by atoms with Crippen LogP contribution in [0.15, 0.2) is 107 Å². The third kappa shape index (κ3) is 7.83. The minimum Gasteiger partial charge on any atom is -0.507 e. The van der Waals surface area contributed by atoms with Crippen LogP contribution in [-0.2, 0) is 21.9 Å². The van der Waals surface area contributed by atoms with Crippen molar-refractivity contribution in [1.29, 1.82) is 0 Å². The van der Waals surface area contributed by atoms with Gasteiger partial charge in [0.1, 0.15) is 23.9 Å². The van der Waals surface area contributed by atoms with Crippen molar-refractivity contribution in [2.45, 2.75) is 49.4 Å². The van der Waals surface area contributed by atoms with Gasteiger partial charge in [-0.2, -0.15) is 0 Å². The van der Waals surface area contributed by atoms with Crippen LogP contribution in [0, 0.1) is 6.92 Å². The number of nitrogens with zero attached hydrogens (tertiary/aromatic N) is 3. The molecular weight excluding hydrogens is 678 g/mol. The summed E-state index contributed by atoms with van der Waals surface area (Å²) < 4.78 is 12.4. The van der Waals surface area contributed by atoms with Gasteiger partial charge in [-0.1, -0.05) is 103 Å². The lowest BCUT2D eigenvalue weighted by atomic mass is 9.95. The van der Waals surface area contributed by atoms with Gasteiger partial charge in [-0.15, -0.1) is 10.2 Å². The van der Waals surface area contributed by atoms with Crippen LogP contribution in [0.5, 0.6) is 11.5 Å². The van der Waals surface area contributed by atoms with Crippen LogP contribution in [0.4, 0.5) is 5.13 Å². The number of thioether (sulfide) groups is 1. The van der Waals surface area contributed by atoms with Crippen molar-refractivity contribution in [3.05, 3.63) is 135 Å². The highest BCUT2D eigenvalue weighted by molar-refractivity contribution is 8.00. The van der Waals surface area contributed by atoms with Crippen molar-refractivity contribution < 1.29 is 24.2 Å². The number of Topliss-reactive ketones (excluding diaryl/α,β-unsaturated/α-hetero) is 1. The van der Waals surface area contributed by atoms with Gasteiger partial charge in [-0.3, -0.25) is 14.5 Å². The van der Waals surface area contributed by atoms with Gasteiger partial charge in [0.05, 0.1) is 18.2 Å². The minimum absolute atomic E-state index is 0.0429. The number of aliphatic hydroxyl groups is 1. The Bertz CT molecular complexity index is 1980. The van der Waals surface area contributed by atoms with E-state index in [0.717, 1.165) is 29.5 Å². The third-order valence-electron chi connectivity index (χ3n) is 8.10. The smallest absolute Gasteiger partial charge is 0.301 e. The number of hydrogen-bond acceptors (Lipinski definition) is 9. The highest BCUT2D eigenvalue weighted by Crippen LogP contribution is 2.44. The van der Waals surface area contributed by atoms with Gasteiger partial charge in [0, 0.05) is 16.3 Å². The molecule has 0 spiro atoms. The molecule has 0 saturated carbocycles. The van der Waals surface area contributed by atoms with E-state index in [2.05, 4.69) is 17.1 Å². The van der Waals surface area contributed by atoms with Gasteiger partial charge >= 0.3 is 5.91 Å². The second-order valence-corrected chi connectivity index (χ2v) is 14.0. The number of aryl methyl sites for hydroxylation is 1. The van der Waals surface area contributed by atoms with Crippen LogP contribution in [0.25, 0.3) is 5.76 Å². The molecule has 1 aliphatic heterocycles. The molecule has 4 aromatic carbocycles. The molecule has 5 aromatic rings. The molecule has 1 atom stereocenters. The molecule has 11 heteroatoms. The summed E-state index contributed by atoms with van der Waals surface area (Å²) >= 11 is 8.97. The monoisotopic (exact) mass is 711 g/mol. The molecular formula is C38H34ClN3O5S2. The number of ether oxygens (including phenoxy) is 2. The van der Waals surface area contributed by atoms with Gasteiger partial charge in [0.15, 0.2) is 4.34 Å². The maximum atomic E-state index is 13.7. The summed E-state index contributed by atoms with van der Waals surface area (Å²) in [4.78, 5) is 28.8. The van der Waals surface area contributed by atoms with Crippen molar-refractivity contribution in [1.82, 2.24) is 10.2 Å². The average Bonchev–Trinajstić information content (AvgIpc) is 3.69. The quantitative estimate of drug-likeness (QED) is 0.0322. The Labute approximate surface area is 298 Å². The molecule has 1 unspecified atom stereocenters. The molecule has 1 saturated heterocycles. The molecule has 8 nitrogen and oxygen atoms in total. The van der Waals surface area contributed by atoms with E-state index in [1.54, 1.807) is 48.5 Å². The third-order valence-corrected chi connectivity index (χ3v) is 10.6. The Kier molecular flexibility index (Phi) is 11.0. The number of hydrogen-bond donors (Lipinski definition) is 1. The summed E-state index contributed by atoms with van der Waals surface area (Å²) in [5.74, 6) is -0.0770. The number of aromatic nitrogens is 2. The first-order chi connectivity index (χ1) is 23.8. The first kappa shape index (κ1) is 34.2. The Morgan fingerprint density at radius 2 is 1.57 bits per heavy atom. The Morgan fingerprint density at radius 1 is 0.898 bits per heavy atom. The standard InChI is InChI=1S/C38H34ClN3O5S2/c1-3-4-21-46-29-17-13-25(14-18-29)33-32(34(43)26-15-19-30(20-16-26)47-22-27-10-6-5-9-24(27)2)35(44)36(45)42(33)37-40-41-38(49-37)48-23-28-11-7-8-12-31(28)39/h5-20,33,43H,3-4,21-23H2,1-2H3/b34-32+. The maximum absolute atomic E-state index is 13.7. The summed E-state index contributed by atoms with van der Waals surface area (Å²) in [6.07, 6.45) is 1.93. The molecule has 1 aliphatic rings. The Morgan fingerprint density at radius 3 is 2.29 bits per heavy atom. The molecule has 1 fully saturated rings. The highest BCUT2D eigenvalue weighted by atomic mass is 35.5. The van der Waals surface area contributed by atoms with Crippen LogP contribution < -0.4 is 14.4 Å². The topological polar surface area (TPSA) is 102 Å². The number of amides is 1. The number of rotatable bonds is 13. The van der Waals surface area contributed by atoms with Crippen molar-refractivity contribution in [2.75, 3.05) is 11.5 Å². The van der Waals surface area contributed by atoms with Gasteiger partial charge in [0.25, 0.3) is 5.78 Å². The molecule has 1 N–H and O–H groups in total. The van der Waals surface area contributed by atoms with Gasteiger partial charge in [-0.05, 0) is 78.1 Å². The maximum Gasteiger partial charge on any atom is 0.301 e. The Hall–Kier alpha value is -4.64. The molecule has 6 rings (SSSR count). The second kappa shape index (κ2) is 15.7. The highest BCUT2D eigenvalue weighted by Gasteiger charge is 2.48. The van der Waals surface area contributed by atoms with Crippen molar-refractivity contribution in [3.63, 3.8) is 0 Å². The van der Waals surface area contributed by atoms with Crippen LogP contribution in [0.2, 0.25) is 5.02 Å². The number of aliphatic hydroxyl groups excluding tert-OH is 1. The van der Waals surface area contributed by atoms with E-state index in [0.29, 0.717) is 51.0 Å². The predicted octanol–water partition coefficient (Wildman–Crippen LogP) is 9.18.